The topological polar surface area (TPSA) is 60.9 Å². The van der Waals surface area contributed by atoms with Crippen molar-refractivity contribution in [3.63, 3.8) is 0 Å². The molecule has 7 heteroatoms. The first-order valence-electron chi connectivity index (χ1n) is 8.83. The lowest BCUT2D eigenvalue weighted by molar-refractivity contribution is 0.0998. The van der Waals surface area contributed by atoms with Crippen LogP contribution in [0.1, 0.15) is 46.9 Å². The van der Waals surface area contributed by atoms with Gasteiger partial charge in [-0.2, -0.15) is 0 Å². The van der Waals surface area contributed by atoms with Gasteiger partial charge in [0.25, 0.3) is 5.91 Å². The summed E-state index contributed by atoms with van der Waals surface area (Å²) in [6, 6.07) is 9.36. The molecule has 0 bridgehead atoms. The van der Waals surface area contributed by atoms with E-state index in [0.29, 0.717) is 22.2 Å². The minimum absolute atomic E-state index is 0.122. The van der Waals surface area contributed by atoms with E-state index in [1.807, 2.05) is 31.2 Å². The number of pyridine rings is 1. The fourth-order valence-electron chi connectivity index (χ4n) is 3.25. The molecule has 0 saturated carbocycles. The summed E-state index contributed by atoms with van der Waals surface area (Å²) >= 11 is 13.9. The molecule has 28 heavy (non-hydrogen) atoms. The zero-order valence-electron chi connectivity index (χ0n) is 15.9. The molecule has 0 fully saturated rings. The molecule has 1 aromatic carbocycles. The Morgan fingerprint density at radius 3 is 2.32 bits per heavy atom. The van der Waals surface area contributed by atoms with E-state index in [1.54, 1.807) is 18.5 Å². The first-order chi connectivity index (χ1) is 13.3. The standard InChI is InChI=1S/C21H21Cl2N3OS/c1-12(2)18-19(20(24)27)13(3)26(11-14-4-6-25-7-5-14)21(18)28-17-9-15(22)8-16(23)10-17/h4-10,12H,11H2,1-3H3,(H2,24,27). The van der Waals surface area contributed by atoms with E-state index in [9.17, 15) is 4.79 Å². The zero-order valence-corrected chi connectivity index (χ0v) is 18.2. The van der Waals surface area contributed by atoms with Crippen LogP contribution in [0.4, 0.5) is 0 Å². The molecule has 0 saturated heterocycles. The number of carbonyl (C=O) groups excluding carboxylic acids is 1. The first-order valence-corrected chi connectivity index (χ1v) is 10.4. The summed E-state index contributed by atoms with van der Waals surface area (Å²) < 4.78 is 2.13. The van der Waals surface area contributed by atoms with Crippen molar-refractivity contribution >= 4 is 40.9 Å². The molecule has 4 nitrogen and oxygen atoms in total. The van der Waals surface area contributed by atoms with Crippen molar-refractivity contribution in [3.05, 3.63) is 75.2 Å². The fraction of sp³-hybridized carbons (Fsp3) is 0.238. The molecule has 3 aromatic rings. The number of nitrogens with zero attached hydrogens (tertiary/aromatic N) is 2. The smallest absolute Gasteiger partial charge is 0.250 e. The van der Waals surface area contributed by atoms with E-state index in [1.165, 1.54) is 11.8 Å². The summed E-state index contributed by atoms with van der Waals surface area (Å²) in [6.45, 7) is 6.67. The van der Waals surface area contributed by atoms with Gasteiger partial charge in [-0.3, -0.25) is 9.78 Å². The predicted molar refractivity (Wildman–Crippen MR) is 116 cm³/mol. The van der Waals surface area contributed by atoms with Crippen molar-refractivity contribution < 1.29 is 4.79 Å². The SMILES string of the molecule is Cc1c(C(N)=O)c(C(C)C)c(Sc2cc(Cl)cc(Cl)c2)n1Cc1ccncc1. The number of carbonyl (C=O) groups is 1. The lowest BCUT2D eigenvalue weighted by atomic mass is 10.0. The molecule has 0 spiro atoms. The van der Waals surface area contributed by atoms with Crippen LogP contribution in [0.15, 0.2) is 52.6 Å². The Morgan fingerprint density at radius 1 is 1.18 bits per heavy atom. The number of benzene rings is 1. The average Bonchev–Trinajstić information content (AvgIpc) is 2.88. The molecule has 3 rings (SSSR count). The van der Waals surface area contributed by atoms with Gasteiger partial charge >= 0.3 is 0 Å². The van der Waals surface area contributed by atoms with E-state index in [-0.39, 0.29) is 5.92 Å². The maximum Gasteiger partial charge on any atom is 0.250 e. The number of aromatic nitrogens is 2. The quantitative estimate of drug-likeness (QED) is 0.524. The highest BCUT2D eigenvalue weighted by Gasteiger charge is 2.26. The van der Waals surface area contributed by atoms with Crippen molar-refractivity contribution in [3.8, 4) is 0 Å². The molecule has 0 aliphatic heterocycles. The van der Waals surface area contributed by atoms with E-state index in [4.69, 9.17) is 28.9 Å². The van der Waals surface area contributed by atoms with Gasteiger partial charge in [0.15, 0.2) is 0 Å². The number of hydrogen-bond donors (Lipinski definition) is 1. The molecule has 1 amide bonds. The maximum atomic E-state index is 12.3. The Bertz CT molecular complexity index is 996. The number of hydrogen-bond acceptors (Lipinski definition) is 3. The van der Waals surface area contributed by atoms with Crippen LogP contribution in [-0.2, 0) is 6.54 Å². The Balaban J connectivity index is 2.19. The summed E-state index contributed by atoms with van der Waals surface area (Å²) in [4.78, 5) is 17.3. The van der Waals surface area contributed by atoms with Crippen LogP contribution >= 0.6 is 35.0 Å². The van der Waals surface area contributed by atoms with Gasteiger partial charge < -0.3 is 10.3 Å². The largest absolute Gasteiger partial charge is 0.366 e. The van der Waals surface area contributed by atoms with E-state index in [2.05, 4.69) is 23.4 Å². The molecule has 146 valence electrons. The third-order valence-corrected chi connectivity index (χ3v) is 6.02. The van der Waals surface area contributed by atoms with Crippen LogP contribution in [0.3, 0.4) is 0 Å². The lowest BCUT2D eigenvalue weighted by Gasteiger charge is -2.14. The van der Waals surface area contributed by atoms with Crippen LogP contribution in [0.25, 0.3) is 0 Å². The van der Waals surface area contributed by atoms with Crippen molar-refractivity contribution in [1.82, 2.24) is 9.55 Å². The Labute approximate surface area is 179 Å². The zero-order chi connectivity index (χ0) is 20.4. The van der Waals surface area contributed by atoms with Crippen LogP contribution in [0, 0.1) is 6.92 Å². The summed E-state index contributed by atoms with van der Waals surface area (Å²) in [7, 11) is 0. The van der Waals surface area contributed by atoms with Crippen molar-refractivity contribution in [2.45, 2.75) is 43.2 Å². The summed E-state index contributed by atoms with van der Waals surface area (Å²) in [5, 5.41) is 2.11. The minimum atomic E-state index is -0.416. The number of halogens is 2. The molecular weight excluding hydrogens is 413 g/mol. The minimum Gasteiger partial charge on any atom is -0.366 e. The predicted octanol–water partition coefficient (Wildman–Crippen LogP) is 5.92. The van der Waals surface area contributed by atoms with Gasteiger partial charge in [0.05, 0.1) is 10.6 Å². The third kappa shape index (κ3) is 4.37. The normalized spacial score (nSPS) is 11.2. The van der Waals surface area contributed by atoms with Crippen LogP contribution < -0.4 is 5.73 Å². The Hall–Kier alpha value is -1.95. The van der Waals surface area contributed by atoms with Gasteiger partial charge in [0, 0.05) is 39.6 Å². The Morgan fingerprint density at radius 2 is 1.79 bits per heavy atom. The molecule has 0 aliphatic carbocycles. The van der Waals surface area contributed by atoms with Crippen molar-refractivity contribution in [2.75, 3.05) is 0 Å². The van der Waals surface area contributed by atoms with Crippen molar-refractivity contribution in [2.24, 2.45) is 5.73 Å². The average molecular weight is 434 g/mol. The lowest BCUT2D eigenvalue weighted by Crippen LogP contribution is -2.14. The fourth-order valence-corrected chi connectivity index (χ4v) is 5.26. The summed E-state index contributed by atoms with van der Waals surface area (Å²) in [6.07, 6.45) is 3.52. The maximum absolute atomic E-state index is 12.3. The highest BCUT2D eigenvalue weighted by molar-refractivity contribution is 7.99. The molecule has 2 aromatic heterocycles. The second kappa shape index (κ2) is 8.60. The second-order valence-corrected chi connectivity index (χ2v) is 8.78. The molecule has 0 radical (unpaired) electrons. The molecule has 2 heterocycles. The van der Waals surface area contributed by atoms with Crippen LogP contribution in [0.5, 0.6) is 0 Å². The number of rotatable bonds is 6. The molecule has 0 atom stereocenters. The van der Waals surface area contributed by atoms with Crippen LogP contribution in [-0.4, -0.2) is 15.5 Å². The highest BCUT2D eigenvalue weighted by Crippen LogP contribution is 2.41. The third-order valence-electron chi connectivity index (χ3n) is 4.48. The second-order valence-electron chi connectivity index (χ2n) is 6.85. The summed E-state index contributed by atoms with van der Waals surface area (Å²) in [5.74, 6) is -0.294. The van der Waals surface area contributed by atoms with Gasteiger partial charge in [-0.05, 0) is 54.3 Å². The van der Waals surface area contributed by atoms with Gasteiger partial charge in [-0.15, -0.1) is 0 Å². The van der Waals surface area contributed by atoms with E-state index in [0.717, 1.165) is 26.7 Å². The summed E-state index contributed by atoms with van der Waals surface area (Å²) in [5.41, 5.74) is 9.22. The van der Waals surface area contributed by atoms with E-state index < -0.39 is 5.91 Å². The number of amides is 1. The van der Waals surface area contributed by atoms with Gasteiger partial charge in [0.1, 0.15) is 0 Å². The molecule has 0 unspecified atom stereocenters. The van der Waals surface area contributed by atoms with E-state index >= 15 is 0 Å². The number of primary amides is 1. The van der Waals surface area contributed by atoms with Gasteiger partial charge in [-0.25, -0.2) is 0 Å². The van der Waals surface area contributed by atoms with Crippen molar-refractivity contribution in [1.29, 1.82) is 0 Å². The van der Waals surface area contributed by atoms with Gasteiger partial charge in [0.2, 0.25) is 0 Å². The Kier molecular flexibility index (Phi) is 6.38. The van der Waals surface area contributed by atoms with Gasteiger partial charge in [-0.1, -0.05) is 48.8 Å². The highest BCUT2D eigenvalue weighted by atomic mass is 35.5. The van der Waals surface area contributed by atoms with Crippen LogP contribution in [0.2, 0.25) is 10.0 Å². The molecular formula is C21H21Cl2N3OS. The monoisotopic (exact) mass is 433 g/mol. The molecule has 2 N–H and O–H groups in total. The first kappa shape index (κ1) is 20.8. The molecule has 0 aliphatic rings. The number of nitrogens with two attached hydrogens (primary N) is 1.